The second-order valence-electron chi connectivity index (χ2n) is 6.16. The van der Waals surface area contributed by atoms with Gasteiger partial charge in [0.15, 0.2) is 5.88 Å². The summed E-state index contributed by atoms with van der Waals surface area (Å²) in [6.07, 6.45) is 2.40. The van der Waals surface area contributed by atoms with Crippen molar-refractivity contribution in [2.24, 2.45) is 5.92 Å². The van der Waals surface area contributed by atoms with E-state index in [1.54, 1.807) is 6.07 Å². The number of H-pyrrole nitrogens is 1. The van der Waals surface area contributed by atoms with E-state index in [-0.39, 0.29) is 36.7 Å². The number of hydrogen-bond acceptors (Lipinski definition) is 6. The van der Waals surface area contributed by atoms with Crippen LogP contribution in [0.15, 0.2) is 10.9 Å². The van der Waals surface area contributed by atoms with Crippen LogP contribution in [0, 0.1) is 50.1 Å². The van der Waals surface area contributed by atoms with E-state index in [1.165, 1.54) is 0 Å². The van der Waals surface area contributed by atoms with Gasteiger partial charge >= 0.3 is 31.1 Å². The molecule has 0 spiro atoms. The molecule has 0 bridgehead atoms. The van der Waals surface area contributed by atoms with Crippen molar-refractivity contribution < 1.29 is 56.3 Å². The van der Waals surface area contributed by atoms with Crippen LogP contribution in [-0.2, 0) is 12.8 Å². The van der Waals surface area contributed by atoms with E-state index in [2.05, 4.69) is 4.98 Å². The molecule has 8 heteroatoms. The van der Waals surface area contributed by atoms with Crippen molar-refractivity contribution in [1.29, 1.82) is 0 Å². The number of rotatable bonds is 6. The molecule has 2 aliphatic rings. The fourth-order valence-electron chi connectivity index (χ4n) is 3.32. The van der Waals surface area contributed by atoms with Gasteiger partial charge in [0.05, 0.1) is 6.10 Å². The standard InChI is InChI=1S/C16H21NO6.U/c18-6-5-16(22)13(14(16)21)11(19)8-23-15-10-4-2-1-3-9(10)7-12(20)17-15;/h5,7-8,11,13-14,18-19,21-22H,1-4,6H2,(H,17,20);/q-2;+2. The normalized spacial score (nSPS) is 29.3. The summed E-state index contributed by atoms with van der Waals surface area (Å²) in [6, 6.07) is 1.57. The van der Waals surface area contributed by atoms with Gasteiger partial charge in [0.2, 0.25) is 0 Å². The molecule has 0 radical (unpaired) electrons. The fraction of sp³-hybridized carbons (Fsp3) is 0.562. The van der Waals surface area contributed by atoms with E-state index < -0.39 is 30.3 Å². The molecule has 7 nitrogen and oxygen atoms in total. The summed E-state index contributed by atoms with van der Waals surface area (Å²) in [6.45, 7) is 0.689. The molecular formula is C16H21NO6U. The zero-order valence-electron chi connectivity index (χ0n) is 13.1. The van der Waals surface area contributed by atoms with E-state index in [4.69, 9.17) is 9.84 Å². The van der Waals surface area contributed by atoms with Crippen LogP contribution in [0.2, 0.25) is 0 Å². The average Bonchev–Trinajstić information content (AvgIpc) is 3.05. The Morgan fingerprint density at radius 3 is 2.83 bits per heavy atom. The number of fused-ring (bicyclic) bond motifs is 1. The van der Waals surface area contributed by atoms with E-state index >= 15 is 0 Å². The Balaban J connectivity index is 0.00000208. The van der Waals surface area contributed by atoms with Crippen LogP contribution in [0.4, 0.5) is 0 Å². The Labute approximate surface area is 163 Å². The molecule has 4 unspecified atom stereocenters. The molecule has 2 aliphatic carbocycles. The molecule has 0 aliphatic heterocycles. The number of aromatic nitrogens is 1. The molecule has 1 aromatic rings. The molecule has 0 amide bonds. The van der Waals surface area contributed by atoms with Crippen LogP contribution >= 0.6 is 0 Å². The minimum atomic E-state index is -1.61. The third-order valence-corrected chi connectivity index (χ3v) is 4.68. The molecular weight excluding hydrogens is 540 g/mol. The molecule has 1 heterocycles. The van der Waals surface area contributed by atoms with Gasteiger partial charge in [-0.3, -0.25) is 16.2 Å². The van der Waals surface area contributed by atoms with Crippen molar-refractivity contribution in [3.05, 3.63) is 40.6 Å². The summed E-state index contributed by atoms with van der Waals surface area (Å²) in [5.41, 5.74) is -0.000200. The summed E-state index contributed by atoms with van der Waals surface area (Å²) < 4.78 is 5.44. The van der Waals surface area contributed by atoms with E-state index in [9.17, 15) is 20.1 Å². The molecule has 1 saturated carbocycles. The third kappa shape index (κ3) is 3.74. The maximum atomic E-state index is 11.7. The minimum Gasteiger partial charge on any atom is -0.648 e. The van der Waals surface area contributed by atoms with Crippen LogP contribution in [-0.4, -0.2) is 49.8 Å². The molecule has 0 aromatic carbocycles. The summed E-state index contributed by atoms with van der Waals surface area (Å²) in [5.74, 6) is -0.558. The van der Waals surface area contributed by atoms with Crippen molar-refractivity contribution in [1.82, 2.24) is 4.98 Å². The second kappa shape index (κ2) is 7.90. The quantitative estimate of drug-likeness (QED) is 0.287. The van der Waals surface area contributed by atoms with Gasteiger partial charge < -0.3 is 25.2 Å². The topological polar surface area (TPSA) is 123 Å². The van der Waals surface area contributed by atoms with Gasteiger partial charge in [0.1, 0.15) is 0 Å². The number of aliphatic hydroxyl groups is 4. The Kier molecular flexibility index (Phi) is 6.57. The first kappa shape index (κ1) is 20.0. The molecule has 24 heavy (non-hydrogen) atoms. The minimum absolute atomic E-state index is 0. The number of aliphatic hydroxyl groups excluding tert-OH is 3. The Morgan fingerprint density at radius 2 is 2.12 bits per heavy atom. The van der Waals surface area contributed by atoms with Crippen LogP contribution in [0.25, 0.3) is 0 Å². The van der Waals surface area contributed by atoms with Gasteiger partial charge in [0, 0.05) is 11.6 Å². The monoisotopic (exact) mass is 561 g/mol. The predicted octanol–water partition coefficient (Wildman–Crippen LogP) is -0.926. The van der Waals surface area contributed by atoms with Crippen LogP contribution in [0.3, 0.4) is 0 Å². The SMILES string of the molecule is O=c1cc2c(c(O[CH-]C(O)C3C(O)C3(O)[CH-]CO)[nH]1)CCCC2.[U+2]. The zero-order chi connectivity index (χ0) is 16.6. The maximum absolute atomic E-state index is 11.7. The van der Waals surface area contributed by atoms with Crippen molar-refractivity contribution in [2.45, 2.75) is 43.5 Å². The third-order valence-electron chi connectivity index (χ3n) is 4.68. The second-order valence-corrected chi connectivity index (χ2v) is 6.16. The fourth-order valence-corrected chi connectivity index (χ4v) is 3.32. The molecule has 4 atom stereocenters. The number of aryl methyl sites for hydroxylation is 1. The van der Waals surface area contributed by atoms with E-state index in [0.29, 0.717) is 5.88 Å². The molecule has 1 aromatic heterocycles. The Hall–Kier alpha value is -0.358. The van der Waals surface area contributed by atoms with Gasteiger partial charge in [0.25, 0.3) is 5.56 Å². The molecule has 0 saturated heterocycles. The van der Waals surface area contributed by atoms with Crippen LogP contribution in [0.5, 0.6) is 5.88 Å². The Morgan fingerprint density at radius 1 is 1.42 bits per heavy atom. The first-order chi connectivity index (χ1) is 11.0. The van der Waals surface area contributed by atoms with Gasteiger partial charge in [-0.2, -0.15) is 0 Å². The largest absolute Gasteiger partial charge is 2.00 e. The molecule has 3 rings (SSSR count). The van der Waals surface area contributed by atoms with Gasteiger partial charge in [-0.25, -0.2) is 0 Å². The van der Waals surface area contributed by atoms with Crippen LogP contribution < -0.4 is 10.3 Å². The van der Waals surface area contributed by atoms with Gasteiger partial charge in [-0.1, -0.05) is 6.61 Å². The van der Waals surface area contributed by atoms with Crippen molar-refractivity contribution in [3.8, 4) is 5.88 Å². The zero-order valence-corrected chi connectivity index (χ0v) is 17.3. The van der Waals surface area contributed by atoms with Crippen molar-refractivity contribution in [3.63, 3.8) is 0 Å². The maximum Gasteiger partial charge on any atom is 2.00 e. The first-order valence-electron chi connectivity index (χ1n) is 7.76. The molecule has 1 fully saturated rings. The number of aromatic amines is 1. The van der Waals surface area contributed by atoms with Gasteiger partial charge in [-0.15, -0.1) is 6.61 Å². The summed E-state index contributed by atoms with van der Waals surface area (Å²) in [4.78, 5) is 14.3. The molecule has 130 valence electrons. The number of pyridine rings is 1. The first-order valence-corrected chi connectivity index (χ1v) is 7.76. The summed E-state index contributed by atoms with van der Waals surface area (Å²) in [5, 5.41) is 38.6. The summed E-state index contributed by atoms with van der Waals surface area (Å²) in [7, 11) is 0. The number of ether oxygens (including phenoxy) is 1. The van der Waals surface area contributed by atoms with Crippen molar-refractivity contribution in [2.75, 3.05) is 6.61 Å². The number of hydrogen-bond donors (Lipinski definition) is 5. The summed E-state index contributed by atoms with van der Waals surface area (Å²) >= 11 is 0. The van der Waals surface area contributed by atoms with E-state index in [1.807, 2.05) is 0 Å². The van der Waals surface area contributed by atoms with Crippen LogP contribution in [0.1, 0.15) is 24.0 Å². The smallest absolute Gasteiger partial charge is 0.648 e. The number of nitrogens with one attached hydrogen (secondary N) is 1. The Bertz CT molecular complexity index is 635. The van der Waals surface area contributed by atoms with Gasteiger partial charge in [-0.05, 0) is 48.9 Å². The predicted molar refractivity (Wildman–Crippen MR) is 80.5 cm³/mol. The van der Waals surface area contributed by atoms with E-state index in [0.717, 1.165) is 49.8 Å². The van der Waals surface area contributed by atoms with Crippen molar-refractivity contribution >= 4 is 0 Å². The molecule has 5 N–H and O–H groups in total. The average molecular weight is 561 g/mol.